The summed E-state index contributed by atoms with van der Waals surface area (Å²) in [4.78, 5) is 19.5. The van der Waals surface area contributed by atoms with Crippen LogP contribution >= 0.6 is 12.6 Å². The van der Waals surface area contributed by atoms with Crippen LogP contribution < -0.4 is 0 Å². The fourth-order valence-corrected chi connectivity index (χ4v) is 3.58. The van der Waals surface area contributed by atoms with Crippen molar-refractivity contribution in [2.24, 2.45) is 13.0 Å². The van der Waals surface area contributed by atoms with E-state index in [9.17, 15) is 26.7 Å². The Morgan fingerprint density at radius 1 is 1.31 bits per heavy atom. The zero-order valence-corrected chi connectivity index (χ0v) is 17.0. The van der Waals surface area contributed by atoms with Crippen molar-refractivity contribution in [3.05, 3.63) is 46.3 Å². The van der Waals surface area contributed by atoms with E-state index >= 15 is 0 Å². The highest BCUT2D eigenvalue weighted by atomic mass is 32.1. The highest BCUT2D eigenvalue weighted by Crippen LogP contribution is 2.43. The average molecular weight is 437 g/mol. The first-order chi connectivity index (χ1) is 13.4. The SMILES string of the molecule is COC(=O)c1c(C(F)F)nc(C(F)(F)F)c(C(S)c2nccn2C)c1CC(C)C. The molecule has 0 spiro atoms. The molecule has 5 nitrogen and oxygen atoms in total. The summed E-state index contributed by atoms with van der Waals surface area (Å²) in [6, 6.07) is 0. The number of alkyl halides is 5. The van der Waals surface area contributed by atoms with Crippen molar-refractivity contribution in [3.63, 3.8) is 0 Å². The predicted molar refractivity (Wildman–Crippen MR) is 98.1 cm³/mol. The summed E-state index contributed by atoms with van der Waals surface area (Å²) in [5, 5.41) is -1.26. The number of carbonyl (C=O) groups excluding carboxylic acids is 1. The third-order valence-electron chi connectivity index (χ3n) is 4.22. The van der Waals surface area contributed by atoms with Gasteiger partial charge < -0.3 is 9.30 Å². The van der Waals surface area contributed by atoms with Gasteiger partial charge in [0.05, 0.1) is 17.9 Å². The normalized spacial score (nSPS) is 13.2. The highest BCUT2D eigenvalue weighted by molar-refractivity contribution is 7.80. The van der Waals surface area contributed by atoms with Crippen LogP contribution in [-0.2, 0) is 24.4 Å². The van der Waals surface area contributed by atoms with Crippen LogP contribution in [0.15, 0.2) is 12.4 Å². The number of aryl methyl sites for hydroxylation is 1. The van der Waals surface area contributed by atoms with Gasteiger partial charge in [0, 0.05) is 25.0 Å². The van der Waals surface area contributed by atoms with Gasteiger partial charge in [-0.25, -0.2) is 23.5 Å². The van der Waals surface area contributed by atoms with Crippen LogP contribution in [0.1, 0.15) is 64.2 Å². The number of carbonyl (C=O) groups is 1. The van der Waals surface area contributed by atoms with Gasteiger partial charge in [0.1, 0.15) is 17.2 Å². The number of imidazole rings is 1. The second-order valence-corrected chi connectivity index (χ2v) is 7.32. The van der Waals surface area contributed by atoms with Crippen molar-refractivity contribution >= 4 is 18.6 Å². The third kappa shape index (κ3) is 4.71. The van der Waals surface area contributed by atoms with Gasteiger partial charge in [0.25, 0.3) is 6.43 Å². The molecule has 0 saturated carbocycles. The molecule has 2 rings (SSSR count). The van der Waals surface area contributed by atoms with Gasteiger partial charge in [-0.1, -0.05) is 13.8 Å². The fraction of sp³-hybridized carbons (Fsp3) is 0.500. The minimum atomic E-state index is -5.05. The zero-order valence-electron chi connectivity index (χ0n) is 16.1. The Kier molecular flexibility index (Phi) is 6.92. The molecule has 29 heavy (non-hydrogen) atoms. The summed E-state index contributed by atoms with van der Waals surface area (Å²) < 4.78 is 74.8. The molecule has 0 aromatic carbocycles. The molecule has 1 atom stereocenters. The number of hydrogen-bond donors (Lipinski definition) is 1. The summed E-state index contributed by atoms with van der Waals surface area (Å²) >= 11 is 4.31. The van der Waals surface area contributed by atoms with Crippen molar-refractivity contribution in [1.82, 2.24) is 14.5 Å². The second kappa shape index (κ2) is 8.68. The van der Waals surface area contributed by atoms with Gasteiger partial charge in [0.2, 0.25) is 0 Å². The first-order valence-corrected chi connectivity index (χ1v) is 9.07. The van der Waals surface area contributed by atoms with Gasteiger partial charge in [0.15, 0.2) is 0 Å². The van der Waals surface area contributed by atoms with Crippen molar-refractivity contribution in [2.75, 3.05) is 7.11 Å². The largest absolute Gasteiger partial charge is 0.465 e. The van der Waals surface area contributed by atoms with E-state index in [1.54, 1.807) is 20.9 Å². The molecule has 2 aromatic rings. The predicted octanol–water partition coefficient (Wildman–Crippen LogP) is 4.78. The van der Waals surface area contributed by atoms with Gasteiger partial charge in [-0.3, -0.25) is 0 Å². The Morgan fingerprint density at radius 3 is 2.34 bits per heavy atom. The maximum absolute atomic E-state index is 13.8. The number of esters is 1. The maximum Gasteiger partial charge on any atom is 0.433 e. The van der Waals surface area contributed by atoms with Crippen LogP contribution in [0, 0.1) is 5.92 Å². The molecule has 0 fully saturated rings. The zero-order chi connectivity index (χ0) is 22.1. The number of aromatic nitrogens is 3. The lowest BCUT2D eigenvalue weighted by molar-refractivity contribution is -0.142. The molecule has 160 valence electrons. The molecule has 0 aliphatic rings. The van der Waals surface area contributed by atoms with E-state index in [1.165, 1.54) is 17.0 Å². The van der Waals surface area contributed by atoms with Crippen molar-refractivity contribution in [2.45, 2.75) is 38.1 Å². The van der Waals surface area contributed by atoms with Crippen molar-refractivity contribution in [1.29, 1.82) is 0 Å². The Balaban J connectivity index is 3.00. The van der Waals surface area contributed by atoms with Crippen LogP contribution in [0.2, 0.25) is 0 Å². The van der Waals surface area contributed by atoms with Gasteiger partial charge in [-0.05, 0) is 17.9 Å². The lowest BCUT2D eigenvalue weighted by Gasteiger charge is -2.25. The minimum absolute atomic E-state index is 0.0907. The molecule has 2 heterocycles. The summed E-state index contributed by atoms with van der Waals surface area (Å²) in [5.41, 5.74) is -4.13. The second-order valence-electron chi connectivity index (χ2n) is 6.80. The molecule has 2 aromatic heterocycles. The topological polar surface area (TPSA) is 57.0 Å². The van der Waals surface area contributed by atoms with E-state index in [1.807, 2.05) is 0 Å². The molecule has 0 saturated heterocycles. The molecule has 11 heteroatoms. The van der Waals surface area contributed by atoms with Crippen LogP contribution in [0.3, 0.4) is 0 Å². The van der Waals surface area contributed by atoms with Crippen molar-refractivity contribution in [3.8, 4) is 0 Å². The Morgan fingerprint density at radius 2 is 1.93 bits per heavy atom. The smallest absolute Gasteiger partial charge is 0.433 e. The monoisotopic (exact) mass is 437 g/mol. The number of thiol groups is 1. The summed E-state index contributed by atoms with van der Waals surface area (Å²) in [6.07, 6.45) is -5.67. The minimum Gasteiger partial charge on any atom is -0.465 e. The van der Waals surface area contributed by atoms with Crippen LogP contribution in [0.25, 0.3) is 0 Å². The number of pyridine rings is 1. The molecule has 0 aliphatic heterocycles. The van der Waals surface area contributed by atoms with Crippen molar-refractivity contribution < 1.29 is 31.5 Å². The summed E-state index contributed by atoms with van der Waals surface area (Å²) in [5.74, 6) is -1.29. The summed E-state index contributed by atoms with van der Waals surface area (Å²) in [7, 11) is 2.52. The van der Waals surface area contributed by atoms with Gasteiger partial charge >= 0.3 is 12.1 Å². The Hall–Kier alpha value is -2.17. The van der Waals surface area contributed by atoms with E-state index in [-0.39, 0.29) is 23.7 Å². The van der Waals surface area contributed by atoms with Crippen LogP contribution in [-0.4, -0.2) is 27.6 Å². The van der Waals surface area contributed by atoms with E-state index in [0.717, 1.165) is 7.11 Å². The summed E-state index contributed by atoms with van der Waals surface area (Å²) in [6.45, 7) is 3.38. The van der Waals surface area contributed by atoms with Crippen LogP contribution in [0.5, 0.6) is 0 Å². The lowest BCUT2D eigenvalue weighted by Crippen LogP contribution is -2.24. The molecular formula is C18H20F5N3O2S. The molecule has 1 unspecified atom stereocenters. The Labute approximate surface area is 169 Å². The molecule has 0 bridgehead atoms. The maximum atomic E-state index is 13.8. The number of halogens is 5. The van der Waals surface area contributed by atoms with E-state index < -0.39 is 46.3 Å². The van der Waals surface area contributed by atoms with Gasteiger partial charge in [-0.15, -0.1) is 0 Å². The molecule has 0 aliphatic carbocycles. The highest BCUT2D eigenvalue weighted by Gasteiger charge is 2.42. The lowest BCUT2D eigenvalue weighted by atomic mass is 9.89. The molecular weight excluding hydrogens is 417 g/mol. The number of rotatable bonds is 6. The van der Waals surface area contributed by atoms with E-state index in [0.29, 0.717) is 0 Å². The average Bonchev–Trinajstić information content (AvgIpc) is 3.04. The number of hydrogen-bond acceptors (Lipinski definition) is 5. The number of methoxy groups -OCH3 is 1. The molecule has 0 amide bonds. The Bertz CT molecular complexity index is 896. The van der Waals surface area contributed by atoms with Gasteiger partial charge in [-0.2, -0.15) is 25.8 Å². The van der Waals surface area contributed by atoms with Crippen LogP contribution in [0.4, 0.5) is 22.0 Å². The van der Waals surface area contributed by atoms with E-state index in [2.05, 4.69) is 27.3 Å². The first-order valence-electron chi connectivity index (χ1n) is 8.55. The number of nitrogens with zero attached hydrogens (tertiary/aromatic N) is 3. The number of ether oxygens (including phenoxy) is 1. The quantitative estimate of drug-likeness (QED) is 0.402. The van der Waals surface area contributed by atoms with E-state index in [4.69, 9.17) is 0 Å². The third-order valence-corrected chi connectivity index (χ3v) is 4.71. The first kappa shape index (κ1) is 23.1. The standard InChI is InChI=1S/C18H20F5N3O2S/c1-8(2)7-9-10(17(27)28-4)12(15(19)20)25-14(18(21,22)23)11(9)13(29)16-24-5-6-26(16)3/h5-6,8,13,15,29H,7H2,1-4H3. The molecule has 0 radical (unpaired) electrons. The fourth-order valence-electron chi connectivity index (χ4n) is 3.06. The molecule has 0 N–H and O–H groups in total.